The van der Waals surface area contributed by atoms with E-state index in [4.69, 9.17) is 16.3 Å². The Morgan fingerprint density at radius 3 is 2.58 bits per heavy atom. The molecule has 104 valence electrons. The van der Waals surface area contributed by atoms with Crippen LogP contribution in [-0.2, 0) is 20.7 Å². The summed E-state index contributed by atoms with van der Waals surface area (Å²) in [4.78, 5) is 23.0. The molecule has 0 aliphatic carbocycles. The molecule has 0 fully saturated rings. The van der Waals surface area contributed by atoms with E-state index in [1.165, 1.54) is 19.1 Å². The molecular weight excluding hydrogens is 275 g/mol. The summed E-state index contributed by atoms with van der Waals surface area (Å²) in [6.07, 6.45) is -0.124. The fraction of sp³-hybridized carbons (Fsp3) is 0.385. The maximum absolute atomic E-state index is 13.0. The number of carbonyl (C=O) groups is 2. The van der Waals surface area contributed by atoms with Crippen LogP contribution in [0, 0.1) is 11.2 Å². The van der Waals surface area contributed by atoms with E-state index in [2.05, 4.69) is 0 Å². The van der Waals surface area contributed by atoms with Crippen molar-refractivity contribution in [3.05, 3.63) is 34.6 Å². The van der Waals surface area contributed by atoms with E-state index in [0.717, 1.165) is 6.07 Å². The summed E-state index contributed by atoms with van der Waals surface area (Å²) in [5.41, 5.74) is -1.28. The Balaban J connectivity index is 3.04. The molecule has 0 amide bonds. The summed E-state index contributed by atoms with van der Waals surface area (Å²) >= 11 is 5.62. The maximum atomic E-state index is 13.0. The quantitative estimate of drug-likeness (QED) is 0.668. The number of benzene rings is 1. The molecule has 0 heterocycles. The number of rotatable bonds is 5. The lowest BCUT2D eigenvalue weighted by Gasteiger charge is -2.22. The van der Waals surface area contributed by atoms with Gasteiger partial charge in [0.25, 0.3) is 0 Å². The second-order valence-electron chi connectivity index (χ2n) is 4.28. The molecule has 0 aliphatic heterocycles. The minimum absolute atomic E-state index is 0.0892. The summed E-state index contributed by atoms with van der Waals surface area (Å²) in [5, 5.41) is 9.09. The normalized spacial score (nSPS) is 13.7. The molecule has 1 aromatic rings. The number of carboxylic acid groups (broad SMARTS) is 1. The molecule has 0 aromatic heterocycles. The molecule has 0 saturated heterocycles. The Kier molecular flexibility index (Phi) is 4.89. The van der Waals surface area contributed by atoms with E-state index in [1.807, 2.05) is 0 Å². The molecular formula is C13H14ClFO4. The Morgan fingerprint density at radius 2 is 2.11 bits per heavy atom. The molecule has 6 heteroatoms. The first-order chi connectivity index (χ1) is 8.81. The topological polar surface area (TPSA) is 63.6 Å². The zero-order valence-corrected chi connectivity index (χ0v) is 11.3. The Bertz CT molecular complexity index is 503. The second-order valence-corrected chi connectivity index (χ2v) is 4.69. The summed E-state index contributed by atoms with van der Waals surface area (Å²) in [6, 6.07) is 3.82. The lowest BCUT2D eigenvalue weighted by Crippen LogP contribution is -2.40. The first kappa shape index (κ1) is 15.4. The van der Waals surface area contributed by atoms with Crippen LogP contribution in [-0.4, -0.2) is 23.7 Å². The molecule has 19 heavy (non-hydrogen) atoms. The first-order valence-electron chi connectivity index (χ1n) is 5.65. The third-order valence-corrected chi connectivity index (χ3v) is 3.03. The van der Waals surface area contributed by atoms with E-state index >= 15 is 0 Å². The van der Waals surface area contributed by atoms with Crippen LogP contribution in [0.1, 0.15) is 19.4 Å². The van der Waals surface area contributed by atoms with Crippen LogP contribution < -0.4 is 0 Å². The number of aliphatic carboxylic acids is 1. The highest BCUT2D eigenvalue weighted by molar-refractivity contribution is 6.30. The SMILES string of the molecule is CCOC(=O)C(C)(Cc1ccc(F)c(Cl)c1)C(=O)O. The van der Waals surface area contributed by atoms with Gasteiger partial charge in [0, 0.05) is 0 Å². The third kappa shape index (κ3) is 3.44. The van der Waals surface area contributed by atoms with Gasteiger partial charge in [-0.05, 0) is 38.0 Å². The van der Waals surface area contributed by atoms with Gasteiger partial charge in [-0.15, -0.1) is 0 Å². The van der Waals surface area contributed by atoms with Gasteiger partial charge in [0.15, 0.2) is 5.41 Å². The van der Waals surface area contributed by atoms with Gasteiger partial charge in [-0.2, -0.15) is 0 Å². The number of carboxylic acids is 1. The van der Waals surface area contributed by atoms with Crippen molar-refractivity contribution in [2.45, 2.75) is 20.3 Å². The lowest BCUT2D eigenvalue weighted by atomic mass is 9.83. The van der Waals surface area contributed by atoms with Gasteiger partial charge < -0.3 is 9.84 Å². The van der Waals surface area contributed by atoms with Crippen LogP contribution in [0.25, 0.3) is 0 Å². The zero-order chi connectivity index (χ0) is 14.6. The minimum atomic E-state index is -1.73. The van der Waals surface area contributed by atoms with E-state index in [9.17, 15) is 19.1 Å². The highest BCUT2D eigenvalue weighted by atomic mass is 35.5. The first-order valence-corrected chi connectivity index (χ1v) is 6.03. The van der Waals surface area contributed by atoms with Crippen molar-refractivity contribution >= 4 is 23.5 Å². The van der Waals surface area contributed by atoms with Gasteiger partial charge in [-0.25, -0.2) is 4.39 Å². The molecule has 4 nitrogen and oxygen atoms in total. The summed E-state index contributed by atoms with van der Waals surface area (Å²) in [5.74, 6) is -2.73. The van der Waals surface area contributed by atoms with Crippen molar-refractivity contribution in [1.82, 2.24) is 0 Å². The van der Waals surface area contributed by atoms with Gasteiger partial charge >= 0.3 is 11.9 Å². The monoisotopic (exact) mass is 288 g/mol. The molecule has 0 bridgehead atoms. The van der Waals surface area contributed by atoms with Crippen LogP contribution in [0.4, 0.5) is 4.39 Å². The van der Waals surface area contributed by atoms with Gasteiger partial charge in [0.05, 0.1) is 11.6 Å². The van der Waals surface area contributed by atoms with Crippen LogP contribution in [0.5, 0.6) is 0 Å². The average Bonchev–Trinajstić information content (AvgIpc) is 2.33. The van der Waals surface area contributed by atoms with Crippen molar-refractivity contribution in [1.29, 1.82) is 0 Å². The van der Waals surface area contributed by atoms with Gasteiger partial charge in [0.2, 0.25) is 0 Å². The Morgan fingerprint density at radius 1 is 1.47 bits per heavy atom. The standard InChI is InChI=1S/C13H14ClFO4/c1-3-19-12(18)13(2,11(16)17)7-8-4-5-10(15)9(14)6-8/h4-6H,3,7H2,1-2H3,(H,16,17). The number of carbonyl (C=O) groups excluding carboxylic acids is 1. The summed E-state index contributed by atoms with van der Waals surface area (Å²) < 4.78 is 17.8. The molecule has 1 atom stereocenters. The summed E-state index contributed by atoms with van der Waals surface area (Å²) in [6.45, 7) is 2.95. The molecule has 0 spiro atoms. The molecule has 1 unspecified atom stereocenters. The fourth-order valence-electron chi connectivity index (χ4n) is 1.58. The van der Waals surface area contributed by atoms with Crippen LogP contribution >= 0.6 is 11.6 Å². The average molecular weight is 289 g/mol. The van der Waals surface area contributed by atoms with Crippen LogP contribution in [0.15, 0.2) is 18.2 Å². The van der Waals surface area contributed by atoms with Crippen molar-refractivity contribution in [3.63, 3.8) is 0 Å². The molecule has 0 radical (unpaired) electrons. The van der Waals surface area contributed by atoms with Crippen molar-refractivity contribution in [3.8, 4) is 0 Å². The van der Waals surface area contributed by atoms with Crippen LogP contribution in [0.2, 0.25) is 5.02 Å². The highest BCUT2D eigenvalue weighted by Crippen LogP contribution is 2.27. The fourth-order valence-corrected chi connectivity index (χ4v) is 1.79. The number of ether oxygens (including phenoxy) is 1. The van der Waals surface area contributed by atoms with Gasteiger partial charge in [0.1, 0.15) is 5.82 Å². The van der Waals surface area contributed by atoms with E-state index in [-0.39, 0.29) is 18.1 Å². The van der Waals surface area contributed by atoms with Crippen LogP contribution in [0.3, 0.4) is 0 Å². The number of esters is 1. The molecule has 0 saturated carbocycles. The van der Waals surface area contributed by atoms with E-state index in [1.54, 1.807) is 6.92 Å². The molecule has 1 aromatic carbocycles. The van der Waals surface area contributed by atoms with Crippen molar-refractivity contribution < 1.29 is 23.8 Å². The minimum Gasteiger partial charge on any atom is -0.480 e. The van der Waals surface area contributed by atoms with E-state index < -0.39 is 23.2 Å². The Labute approximate surface area is 115 Å². The van der Waals surface area contributed by atoms with Gasteiger partial charge in [-0.3, -0.25) is 9.59 Å². The molecule has 1 rings (SSSR count). The van der Waals surface area contributed by atoms with Crippen molar-refractivity contribution in [2.24, 2.45) is 5.41 Å². The van der Waals surface area contributed by atoms with Crippen molar-refractivity contribution in [2.75, 3.05) is 6.61 Å². The lowest BCUT2D eigenvalue weighted by molar-refractivity contribution is -0.167. The number of halogens is 2. The number of hydrogen-bond acceptors (Lipinski definition) is 3. The molecule has 1 N–H and O–H groups in total. The smallest absolute Gasteiger partial charge is 0.323 e. The third-order valence-electron chi connectivity index (χ3n) is 2.74. The van der Waals surface area contributed by atoms with Gasteiger partial charge in [-0.1, -0.05) is 17.7 Å². The predicted molar refractivity (Wildman–Crippen MR) is 67.5 cm³/mol. The predicted octanol–water partition coefficient (Wildman–Crippen LogP) is 2.68. The molecule has 0 aliphatic rings. The summed E-state index contributed by atoms with van der Waals surface area (Å²) in [7, 11) is 0. The maximum Gasteiger partial charge on any atom is 0.323 e. The Hall–Kier alpha value is -1.62. The largest absolute Gasteiger partial charge is 0.480 e. The second kappa shape index (κ2) is 6.02. The van der Waals surface area contributed by atoms with E-state index in [0.29, 0.717) is 5.56 Å². The highest BCUT2D eigenvalue weighted by Gasteiger charge is 2.43. The zero-order valence-electron chi connectivity index (χ0n) is 10.6. The number of hydrogen-bond donors (Lipinski definition) is 1.